The lowest BCUT2D eigenvalue weighted by Gasteiger charge is -2.15. The van der Waals surface area contributed by atoms with Crippen LogP contribution in [-0.2, 0) is 4.79 Å². The number of benzene rings is 2. The van der Waals surface area contributed by atoms with Crippen molar-refractivity contribution in [3.8, 4) is 17.2 Å². The lowest BCUT2D eigenvalue weighted by atomic mass is 10.1. The monoisotopic (exact) mass is 388 g/mol. The van der Waals surface area contributed by atoms with E-state index in [0.29, 0.717) is 5.56 Å². The predicted octanol–water partition coefficient (Wildman–Crippen LogP) is 2.35. The molecule has 0 atom stereocenters. The van der Waals surface area contributed by atoms with Gasteiger partial charge in [-0.1, -0.05) is 17.8 Å². The molecule has 0 bridgehead atoms. The molecule has 2 amide bonds. The molecule has 4 N–H and O–H groups in total. The van der Waals surface area contributed by atoms with Crippen LogP contribution < -0.4 is 5.43 Å². The second-order valence-corrected chi connectivity index (χ2v) is 6.93. The Morgan fingerprint density at radius 3 is 2.54 bits per heavy atom. The average molecular weight is 388 g/mol. The van der Waals surface area contributed by atoms with Gasteiger partial charge in [-0.15, -0.1) is 0 Å². The molecule has 7 nitrogen and oxygen atoms in total. The highest BCUT2D eigenvalue weighted by Crippen LogP contribution is 2.34. The minimum atomic E-state index is -0.606. The largest absolute Gasteiger partial charge is 0.508 e. The third-order valence-electron chi connectivity index (χ3n) is 3.42. The van der Waals surface area contributed by atoms with Gasteiger partial charge in [0, 0.05) is 17.2 Å². The summed E-state index contributed by atoms with van der Waals surface area (Å²) in [4.78, 5) is 24.9. The van der Waals surface area contributed by atoms with E-state index in [2.05, 4.69) is 5.43 Å². The summed E-state index contributed by atoms with van der Waals surface area (Å²) in [5.74, 6) is -1.54. The Morgan fingerprint density at radius 2 is 1.85 bits per heavy atom. The van der Waals surface area contributed by atoms with Crippen LogP contribution in [0, 0.1) is 0 Å². The zero-order chi connectivity index (χ0) is 18.8. The van der Waals surface area contributed by atoms with E-state index in [1.807, 2.05) is 0 Å². The molecule has 3 rings (SSSR count). The summed E-state index contributed by atoms with van der Waals surface area (Å²) in [5, 5.41) is 29.5. The first-order valence-corrected chi connectivity index (χ1v) is 8.47. The third-order valence-corrected chi connectivity index (χ3v) is 4.72. The SMILES string of the molecule is O=C(NN1C(=O)C(=Cc2ccc(O)cc2O)SC1=S)c1cccc(O)c1. The van der Waals surface area contributed by atoms with Gasteiger partial charge in [0.2, 0.25) is 0 Å². The highest BCUT2D eigenvalue weighted by molar-refractivity contribution is 8.26. The number of thiocarbonyl (C=S) groups is 1. The van der Waals surface area contributed by atoms with Gasteiger partial charge < -0.3 is 15.3 Å². The maximum Gasteiger partial charge on any atom is 0.285 e. The maximum atomic E-state index is 12.5. The highest BCUT2D eigenvalue weighted by atomic mass is 32.2. The number of rotatable bonds is 3. The number of phenols is 3. The summed E-state index contributed by atoms with van der Waals surface area (Å²) in [6.45, 7) is 0. The van der Waals surface area contributed by atoms with Crippen LogP contribution in [0.5, 0.6) is 17.2 Å². The quantitative estimate of drug-likeness (QED) is 0.472. The number of hydrogen-bond acceptors (Lipinski definition) is 7. The molecule has 1 aliphatic rings. The number of phenolic OH excluding ortho intramolecular Hbond substituents is 3. The topological polar surface area (TPSA) is 110 Å². The average Bonchev–Trinajstić information content (AvgIpc) is 2.85. The van der Waals surface area contributed by atoms with E-state index in [-0.39, 0.29) is 32.0 Å². The summed E-state index contributed by atoms with van der Waals surface area (Å²) in [5.41, 5.74) is 2.88. The number of hydrazine groups is 1. The standard InChI is InChI=1S/C17H12N2O5S2/c20-11-3-1-2-10(6-11)15(23)18-19-16(24)14(26-17(19)25)7-9-4-5-12(21)8-13(9)22/h1-8,20-22H,(H,18,23). The van der Waals surface area contributed by atoms with Crippen LogP contribution in [0.4, 0.5) is 0 Å². The number of amides is 2. The number of hydrogen-bond donors (Lipinski definition) is 4. The number of nitrogens with one attached hydrogen (secondary N) is 1. The van der Waals surface area contributed by atoms with Gasteiger partial charge in [-0.3, -0.25) is 15.0 Å². The van der Waals surface area contributed by atoms with Gasteiger partial charge >= 0.3 is 0 Å². The van der Waals surface area contributed by atoms with Gasteiger partial charge in [0.15, 0.2) is 4.32 Å². The van der Waals surface area contributed by atoms with Crippen LogP contribution in [0.3, 0.4) is 0 Å². The van der Waals surface area contributed by atoms with Gasteiger partial charge in [0.05, 0.1) is 4.91 Å². The third kappa shape index (κ3) is 3.63. The van der Waals surface area contributed by atoms with Crippen molar-refractivity contribution >= 4 is 46.2 Å². The summed E-state index contributed by atoms with van der Waals surface area (Å²) < 4.78 is 0.119. The van der Waals surface area contributed by atoms with Gasteiger partial charge in [0.1, 0.15) is 17.2 Å². The Balaban J connectivity index is 1.80. The first-order chi connectivity index (χ1) is 12.3. The Bertz CT molecular complexity index is 958. The van der Waals surface area contributed by atoms with E-state index in [0.717, 1.165) is 22.8 Å². The first-order valence-electron chi connectivity index (χ1n) is 7.25. The number of thioether (sulfide) groups is 1. The first kappa shape index (κ1) is 17.8. The van der Waals surface area contributed by atoms with E-state index in [1.165, 1.54) is 42.5 Å². The Labute approximate surface area is 157 Å². The Hall–Kier alpha value is -3.04. The molecule has 1 aliphatic heterocycles. The molecule has 0 saturated carbocycles. The number of aromatic hydroxyl groups is 3. The van der Waals surface area contributed by atoms with Crippen LogP contribution in [0.1, 0.15) is 15.9 Å². The zero-order valence-electron chi connectivity index (χ0n) is 13.0. The fourth-order valence-electron chi connectivity index (χ4n) is 2.17. The molecule has 0 unspecified atom stereocenters. The van der Waals surface area contributed by atoms with Gasteiger partial charge in [-0.25, -0.2) is 0 Å². The molecule has 0 spiro atoms. The summed E-state index contributed by atoms with van der Waals surface area (Å²) in [6, 6.07) is 9.63. The molecule has 0 aliphatic carbocycles. The minimum absolute atomic E-state index is 0.0780. The fourth-order valence-corrected chi connectivity index (χ4v) is 3.34. The zero-order valence-corrected chi connectivity index (χ0v) is 14.7. The van der Waals surface area contributed by atoms with E-state index in [4.69, 9.17) is 12.2 Å². The van der Waals surface area contributed by atoms with E-state index < -0.39 is 11.8 Å². The van der Waals surface area contributed by atoms with E-state index >= 15 is 0 Å². The van der Waals surface area contributed by atoms with Gasteiger partial charge in [0.25, 0.3) is 11.8 Å². The second kappa shape index (κ2) is 7.06. The summed E-state index contributed by atoms with van der Waals surface area (Å²) in [7, 11) is 0. The molecule has 0 aromatic heterocycles. The van der Waals surface area contributed by atoms with Crippen molar-refractivity contribution in [1.29, 1.82) is 0 Å². The second-order valence-electron chi connectivity index (χ2n) is 5.25. The molecule has 0 radical (unpaired) electrons. The molecule has 1 fully saturated rings. The lowest BCUT2D eigenvalue weighted by Crippen LogP contribution is -2.44. The molecule has 2 aromatic rings. The lowest BCUT2D eigenvalue weighted by molar-refractivity contribution is -0.123. The van der Waals surface area contributed by atoms with Crippen LogP contribution in [0.25, 0.3) is 6.08 Å². The van der Waals surface area contributed by atoms with E-state index in [9.17, 15) is 24.9 Å². The van der Waals surface area contributed by atoms with Crippen LogP contribution in [0.2, 0.25) is 0 Å². The Kier molecular flexibility index (Phi) is 4.83. The number of carbonyl (C=O) groups is 2. The van der Waals surface area contributed by atoms with Gasteiger partial charge in [-0.05, 0) is 48.6 Å². The molecule has 1 heterocycles. The predicted molar refractivity (Wildman–Crippen MR) is 100 cm³/mol. The van der Waals surface area contributed by atoms with Crippen molar-refractivity contribution in [2.24, 2.45) is 0 Å². The minimum Gasteiger partial charge on any atom is -0.508 e. The van der Waals surface area contributed by atoms with Crippen LogP contribution in [0.15, 0.2) is 47.4 Å². The van der Waals surface area contributed by atoms with Crippen LogP contribution in [-0.4, -0.2) is 36.5 Å². The van der Waals surface area contributed by atoms with Crippen molar-refractivity contribution in [2.45, 2.75) is 0 Å². The van der Waals surface area contributed by atoms with Crippen molar-refractivity contribution in [3.63, 3.8) is 0 Å². The summed E-state index contributed by atoms with van der Waals surface area (Å²) in [6.07, 6.45) is 1.41. The van der Waals surface area contributed by atoms with Crippen LogP contribution >= 0.6 is 24.0 Å². The van der Waals surface area contributed by atoms with Crippen molar-refractivity contribution in [1.82, 2.24) is 10.4 Å². The molecular weight excluding hydrogens is 376 g/mol. The highest BCUT2D eigenvalue weighted by Gasteiger charge is 2.34. The molecule has 2 aromatic carbocycles. The van der Waals surface area contributed by atoms with Gasteiger partial charge in [-0.2, -0.15) is 5.01 Å². The van der Waals surface area contributed by atoms with Crippen molar-refractivity contribution in [2.75, 3.05) is 0 Å². The summed E-state index contributed by atoms with van der Waals surface area (Å²) >= 11 is 6.08. The smallest absolute Gasteiger partial charge is 0.285 e. The molecule has 132 valence electrons. The molecule has 26 heavy (non-hydrogen) atoms. The normalized spacial score (nSPS) is 15.5. The molecular formula is C17H12N2O5S2. The van der Waals surface area contributed by atoms with Crippen molar-refractivity contribution < 1.29 is 24.9 Å². The number of carbonyl (C=O) groups excluding carboxylic acids is 2. The van der Waals surface area contributed by atoms with E-state index in [1.54, 1.807) is 0 Å². The fraction of sp³-hybridized carbons (Fsp3) is 0. The Morgan fingerprint density at radius 1 is 1.12 bits per heavy atom. The molecule has 1 saturated heterocycles. The number of nitrogens with zero attached hydrogens (tertiary/aromatic N) is 1. The van der Waals surface area contributed by atoms with Crippen molar-refractivity contribution in [3.05, 3.63) is 58.5 Å². The molecule has 9 heteroatoms. The maximum absolute atomic E-state index is 12.5.